The van der Waals surface area contributed by atoms with Crippen molar-refractivity contribution in [1.82, 2.24) is 5.32 Å². The van der Waals surface area contributed by atoms with Gasteiger partial charge in [0.05, 0.1) is 11.5 Å². The van der Waals surface area contributed by atoms with Crippen LogP contribution < -0.4 is 5.32 Å². The van der Waals surface area contributed by atoms with Gasteiger partial charge in [0.1, 0.15) is 0 Å². The molecule has 0 aromatic heterocycles. The van der Waals surface area contributed by atoms with Crippen LogP contribution in [0.15, 0.2) is 29.2 Å². The third-order valence-electron chi connectivity index (χ3n) is 2.66. The van der Waals surface area contributed by atoms with E-state index in [0.717, 1.165) is 18.5 Å². The van der Waals surface area contributed by atoms with Crippen LogP contribution in [0.2, 0.25) is 0 Å². The molecule has 1 atom stereocenters. The Morgan fingerprint density at radius 1 is 1.38 bits per heavy atom. The maximum absolute atomic E-state index is 11.7. The van der Waals surface area contributed by atoms with Crippen molar-refractivity contribution in [2.75, 3.05) is 13.2 Å². The Labute approximate surface area is 95.7 Å². The second kappa shape index (κ2) is 4.53. The minimum atomic E-state index is -3.59. The summed E-state index contributed by atoms with van der Waals surface area (Å²) in [6, 6.07) is 6.84. The van der Waals surface area contributed by atoms with Crippen LogP contribution in [0.25, 0.3) is 0 Å². The average molecular weight is 241 g/mol. The van der Waals surface area contributed by atoms with E-state index in [-0.39, 0.29) is 17.5 Å². The number of nitrogens with one attached hydrogen (secondary N) is 1. The second-order valence-corrected chi connectivity index (χ2v) is 5.61. The van der Waals surface area contributed by atoms with Crippen LogP contribution in [0.1, 0.15) is 12.0 Å². The zero-order valence-corrected chi connectivity index (χ0v) is 9.96. The largest absolute Gasteiger partial charge is 0.312 e. The summed E-state index contributed by atoms with van der Waals surface area (Å²) in [5.41, 5.74) is 1.03. The molecule has 1 aromatic carbocycles. The molecule has 4 nitrogen and oxygen atoms in total. The first kappa shape index (κ1) is 11.6. The molecule has 88 valence electrons. The third kappa shape index (κ3) is 2.61. The number of benzene rings is 1. The Balaban J connectivity index is 2.02. The molecule has 0 unspecified atom stereocenters. The van der Waals surface area contributed by atoms with E-state index in [9.17, 15) is 8.42 Å². The molecule has 1 aliphatic rings. The normalized spacial score (nSPS) is 20.4. The van der Waals surface area contributed by atoms with E-state index in [0.29, 0.717) is 0 Å². The van der Waals surface area contributed by atoms with Crippen molar-refractivity contribution in [3.63, 3.8) is 0 Å². The molecule has 0 saturated carbocycles. The monoisotopic (exact) mass is 241 g/mol. The van der Waals surface area contributed by atoms with Crippen LogP contribution in [0.5, 0.6) is 0 Å². The van der Waals surface area contributed by atoms with Gasteiger partial charge in [-0.2, -0.15) is 8.42 Å². The highest BCUT2D eigenvalue weighted by Gasteiger charge is 2.21. The first-order valence-corrected chi connectivity index (χ1v) is 6.68. The topological polar surface area (TPSA) is 55.4 Å². The van der Waals surface area contributed by atoms with Crippen molar-refractivity contribution in [3.8, 4) is 0 Å². The van der Waals surface area contributed by atoms with Crippen molar-refractivity contribution in [3.05, 3.63) is 29.8 Å². The maximum Gasteiger partial charge on any atom is 0.297 e. The summed E-state index contributed by atoms with van der Waals surface area (Å²) >= 11 is 0. The summed E-state index contributed by atoms with van der Waals surface area (Å²) in [4.78, 5) is 0.220. The van der Waals surface area contributed by atoms with Gasteiger partial charge in [-0.1, -0.05) is 17.7 Å². The third-order valence-corrected chi connectivity index (χ3v) is 3.96. The van der Waals surface area contributed by atoms with E-state index in [2.05, 4.69) is 5.32 Å². The Morgan fingerprint density at radius 2 is 2.00 bits per heavy atom. The van der Waals surface area contributed by atoms with Crippen molar-refractivity contribution in [2.24, 2.45) is 0 Å². The Kier molecular flexibility index (Phi) is 3.28. The number of rotatable bonds is 4. The zero-order valence-electron chi connectivity index (χ0n) is 9.14. The number of hydrogen-bond acceptors (Lipinski definition) is 4. The fraction of sp³-hybridized carbons (Fsp3) is 0.455. The standard InChI is InChI=1S/C11H15NO3S/c1-9-2-4-11(5-3-9)16(13,14)15-8-10-6-7-12-10/h2-5,10,12H,6-8H2,1H3/t10-/m1/s1. The molecule has 0 aliphatic carbocycles. The number of hydrogen-bond donors (Lipinski definition) is 1. The quantitative estimate of drug-likeness (QED) is 0.801. The molecule has 0 radical (unpaired) electrons. The van der Waals surface area contributed by atoms with Gasteiger partial charge in [-0.3, -0.25) is 4.18 Å². The maximum atomic E-state index is 11.7. The molecule has 0 bridgehead atoms. The van der Waals surface area contributed by atoms with E-state index < -0.39 is 10.1 Å². The van der Waals surface area contributed by atoms with Crippen LogP contribution in [-0.2, 0) is 14.3 Å². The lowest BCUT2D eigenvalue weighted by Crippen LogP contribution is -2.46. The molecule has 2 rings (SSSR count). The van der Waals surface area contributed by atoms with Crippen molar-refractivity contribution in [2.45, 2.75) is 24.3 Å². The summed E-state index contributed by atoms with van der Waals surface area (Å²) in [7, 11) is -3.59. The minimum Gasteiger partial charge on any atom is -0.312 e. The SMILES string of the molecule is Cc1ccc(S(=O)(=O)OC[C@H]2CCN2)cc1. The fourth-order valence-electron chi connectivity index (χ4n) is 1.44. The first-order valence-electron chi connectivity index (χ1n) is 5.27. The Morgan fingerprint density at radius 3 is 2.50 bits per heavy atom. The van der Waals surface area contributed by atoms with Gasteiger partial charge in [0.2, 0.25) is 0 Å². The van der Waals surface area contributed by atoms with Crippen molar-refractivity contribution >= 4 is 10.1 Å². The smallest absolute Gasteiger partial charge is 0.297 e. The summed E-state index contributed by atoms with van der Waals surface area (Å²) in [5.74, 6) is 0. The lowest BCUT2D eigenvalue weighted by Gasteiger charge is -2.26. The van der Waals surface area contributed by atoms with Crippen LogP contribution in [0.3, 0.4) is 0 Å². The summed E-state index contributed by atoms with van der Waals surface area (Å²) in [5, 5.41) is 3.09. The lowest BCUT2D eigenvalue weighted by molar-refractivity contribution is 0.222. The van der Waals surface area contributed by atoms with Gasteiger partial charge in [0.15, 0.2) is 0 Å². The molecular weight excluding hydrogens is 226 g/mol. The highest BCUT2D eigenvalue weighted by atomic mass is 32.2. The fourth-order valence-corrected chi connectivity index (χ4v) is 2.38. The predicted molar refractivity (Wildman–Crippen MR) is 60.7 cm³/mol. The molecular formula is C11H15NO3S. The second-order valence-electron chi connectivity index (χ2n) is 3.99. The van der Waals surface area contributed by atoms with Crippen LogP contribution >= 0.6 is 0 Å². The molecule has 1 aliphatic heterocycles. The highest BCUT2D eigenvalue weighted by molar-refractivity contribution is 7.86. The minimum absolute atomic E-state index is 0.181. The van der Waals surface area contributed by atoms with E-state index in [1.807, 2.05) is 6.92 Å². The van der Waals surface area contributed by atoms with E-state index in [1.165, 1.54) is 0 Å². The molecule has 1 aromatic rings. The van der Waals surface area contributed by atoms with Gasteiger partial charge in [0, 0.05) is 6.04 Å². The number of aryl methyl sites for hydroxylation is 1. The molecule has 0 spiro atoms. The molecule has 1 fully saturated rings. The van der Waals surface area contributed by atoms with Crippen LogP contribution in [-0.4, -0.2) is 27.6 Å². The molecule has 0 amide bonds. The zero-order chi connectivity index (χ0) is 11.6. The molecule has 1 N–H and O–H groups in total. The summed E-state index contributed by atoms with van der Waals surface area (Å²) in [6.45, 7) is 3.07. The molecule has 16 heavy (non-hydrogen) atoms. The van der Waals surface area contributed by atoms with Gasteiger partial charge in [-0.25, -0.2) is 0 Å². The molecule has 1 heterocycles. The lowest BCUT2D eigenvalue weighted by atomic mass is 10.1. The Bertz CT molecular complexity index is 449. The van der Waals surface area contributed by atoms with Gasteiger partial charge in [0.25, 0.3) is 10.1 Å². The molecule has 1 saturated heterocycles. The average Bonchev–Trinajstić information content (AvgIpc) is 2.15. The van der Waals surface area contributed by atoms with Crippen molar-refractivity contribution < 1.29 is 12.6 Å². The van der Waals surface area contributed by atoms with Gasteiger partial charge < -0.3 is 5.32 Å². The highest BCUT2D eigenvalue weighted by Crippen LogP contribution is 2.14. The van der Waals surface area contributed by atoms with Crippen LogP contribution in [0, 0.1) is 6.92 Å². The predicted octanol–water partition coefficient (Wildman–Crippen LogP) is 1.06. The molecule has 5 heteroatoms. The van der Waals surface area contributed by atoms with E-state index in [4.69, 9.17) is 4.18 Å². The van der Waals surface area contributed by atoms with Gasteiger partial charge in [-0.05, 0) is 32.0 Å². The van der Waals surface area contributed by atoms with Crippen LogP contribution in [0.4, 0.5) is 0 Å². The Hall–Kier alpha value is -0.910. The first-order chi connectivity index (χ1) is 7.58. The van der Waals surface area contributed by atoms with Crippen molar-refractivity contribution in [1.29, 1.82) is 0 Å². The van der Waals surface area contributed by atoms with Gasteiger partial charge >= 0.3 is 0 Å². The summed E-state index contributed by atoms with van der Waals surface area (Å²) < 4.78 is 28.4. The van der Waals surface area contributed by atoms with E-state index >= 15 is 0 Å². The van der Waals surface area contributed by atoms with E-state index in [1.54, 1.807) is 24.3 Å². The summed E-state index contributed by atoms with van der Waals surface area (Å²) in [6.07, 6.45) is 0.976. The van der Waals surface area contributed by atoms with Gasteiger partial charge in [-0.15, -0.1) is 0 Å².